The normalized spacial score (nSPS) is 37.0. The predicted octanol–water partition coefficient (Wildman–Crippen LogP) is 1.16. The van der Waals surface area contributed by atoms with Crippen LogP contribution in [0.4, 0.5) is 4.79 Å². The summed E-state index contributed by atoms with van der Waals surface area (Å²) in [6.07, 6.45) is 3.80. The van der Waals surface area contributed by atoms with Crippen LogP contribution in [0, 0.1) is 5.41 Å². The molecule has 3 aliphatic heterocycles. The highest BCUT2D eigenvalue weighted by Crippen LogP contribution is 2.32. The molecule has 3 heterocycles. The van der Waals surface area contributed by atoms with E-state index < -0.39 is 11.4 Å². The van der Waals surface area contributed by atoms with E-state index in [-0.39, 0.29) is 18.2 Å². The van der Waals surface area contributed by atoms with Crippen LogP contribution in [-0.2, 0) is 9.53 Å². The van der Waals surface area contributed by atoms with Crippen LogP contribution >= 0.6 is 0 Å². The highest BCUT2D eigenvalue weighted by atomic mass is 16.5. The van der Waals surface area contributed by atoms with E-state index in [2.05, 4.69) is 0 Å². The van der Waals surface area contributed by atoms with Crippen molar-refractivity contribution in [2.75, 3.05) is 26.2 Å². The molecule has 0 spiro atoms. The van der Waals surface area contributed by atoms with Gasteiger partial charge in [0.15, 0.2) is 0 Å². The molecule has 1 N–H and O–H groups in total. The van der Waals surface area contributed by atoms with E-state index in [0.717, 1.165) is 19.3 Å². The average molecular weight is 282 g/mol. The minimum atomic E-state index is -0.808. The molecule has 0 aromatic rings. The highest BCUT2D eigenvalue weighted by molar-refractivity contribution is 5.78. The Bertz CT molecular complexity index is 415. The number of piperidine rings is 1. The summed E-state index contributed by atoms with van der Waals surface area (Å²) in [6, 6.07) is -0.0163. The number of likely N-dealkylation sites (tertiary alicyclic amines) is 2. The molecule has 6 nitrogen and oxygen atoms in total. The van der Waals surface area contributed by atoms with Crippen molar-refractivity contribution in [3.05, 3.63) is 0 Å². The lowest BCUT2D eigenvalue weighted by atomic mass is 9.82. The topological polar surface area (TPSA) is 70.1 Å². The molecule has 0 saturated carbocycles. The van der Waals surface area contributed by atoms with E-state index >= 15 is 0 Å². The first-order chi connectivity index (χ1) is 9.48. The van der Waals surface area contributed by atoms with Crippen LogP contribution in [-0.4, -0.2) is 65.3 Å². The molecule has 0 aromatic carbocycles. The smallest absolute Gasteiger partial charge is 0.320 e. The number of hydrogen-bond acceptors (Lipinski definition) is 3. The molecule has 0 aliphatic carbocycles. The number of carbonyl (C=O) groups excluding carboxylic acids is 1. The van der Waals surface area contributed by atoms with Crippen molar-refractivity contribution in [2.24, 2.45) is 5.41 Å². The second kappa shape index (κ2) is 4.91. The molecule has 0 aromatic heterocycles. The van der Waals surface area contributed by atoms with Gasteiger partial charge in [0.1, 0.15) is 0 Å². The number of amides is 2. The molecule has 3 fully saturated rings. The van der Waals surface area contributed by atoms with Crippen molar-refractivity contribution in [3.63, 3.8) is 0 Å². The first-order valence-electron chi connectivity index (χ1n) is 7.41. The molecule has 20 heavy (non-hydrogen) atoms. The Morgan fingerprint density at radius 2 is 1.85 bits per heavy atom. The molecule has 2 bridgehead atoms. The van der Waals surface area contributed by atoms with Crippen LogP contribution < -0.4 is 0 Å². The minimum absolute atomic E-state index is 0.0163. The van der Waals surface area contributed by atoms with Crippen LogP contribution in [0.15, 0.2) is 0 Å². The number of rotatable bonds is 1. The first-order valence-corrected chi connectivity index (χ1v) is 7.41. The zero-order valence-corrected chi connectivity index (χ0v) is 11.9. The quantitative estimate of drug-likeness (QED) is 0.783. The van der Waals surface area contributed by atoms with Gasteiger partial charge in [-0.05, 0) is 32.6 Å². The number of carbonyl (C=O) groups is 2. The third-order valence-electron chi connectivity index (χ3n) is 4.80. The van der Waals surface area contributed by atoms with E-state index in [0.29, 0.717) is 32.6 Å². The first kappa shape index (κ1) is 13.7. The fourth-order valence-corrected chi connectivity index (χ4v) is 3.55. The molecule has 3 aliphatic rings. The summed E-state index contributed by atoms with van der Waals surface area (Å²) in [5.74, 6) is -0.808. The fraction of sp³-hybridized carbons (Fsp3) is 0.857. The Kier molecular flexibility index (Phi) is 3.36. The summed E-state index contributed by atoms with van der Waals surface area (Å²) in [5, 5.41) is 9.33. The van der Waals surface area contributed by atoms with Crippen LogP contribution in [0.5, 0.6) is 0 Å². The molecular formula is C14H22N2O4. The zero-order valence-electron chi connectivity index (χ0n) is 11.9. The monoisotopic (exact) mass is 282 g/mol. The van der Waals surface area contributed by atoms with Crippen molar-refractivity contribution < 1.29 is 19.4 Å². The zero-order chi connectivity index (χ0) is 14.3. The molecule has 112 valence electrons. The van der Waals surface area contributed by atoms with E-state index in [1.54, 1.807) is 11.8 Å². The lowest BCUT2D eigenvalue weighted by Gasteiger charge is -2.41. The van der Waals surface area contributed by atoms with E-state index in [9.17, 15) is 14.7 Å². The molecule has 3 atom stereocenters. The minimum Gasteiger partial charge on any atom is -0.481 e. The number of aliphatic carboxylic acids is 1. The number of ether oxygens (including phenoxy) is 1. The van der Waals surface area contributed by atoms with Gasteiger partial charge in [-0.3, -0.25) is 4.79 Å². The third-order valence-corrected chi connectivity index (χ3v) is 4.80. The molecule has 3 rings (SSSR count). The number of fused-ring (bicyclic) bond motifs is 2. The Morgan fingerprint density at radius 3 is 2.45 bits per heavy atom. The standard InChI is InChI=1S/C14H22N2O4/c1-14(12(17)18)5-2-6-15(9-14)13(19)16-7-10-3-4-11(8-16)20-10/h10-11H,2-9H2,1H3,(H,17,18). The maximum atomic E-state index is 12.6. The maximum Gasteiger partial charge on any atom is 0.320 e. The van der Waals surface area contributed by atoms with Gasteiger partial charge in [-0.15, -0.1) is 0 Å². The molecule has 3 saturated heterocycles. The summed E-state index contributed by atoms with van der Waals surface area (Å²) < 4.78 is 5.74. The van der Waals surface area contributed by atoms with Crippen LogP contribution in [0.1, 0.15) is 32.6 Å². The van der Waals surface area contributed by atoms with Crippen LogP contribution in [0.25, 0.3) is 0 Å². The van der Waals surface area contributed by atoms with Crippen LogP contribution in [0.2, 0.25) is 0 Å². The van der Waals surface area contributed by atoms with Gasteiger partial charge in [-0.25, -0.2) is 4.79 Å². The van der Waals surface area contributed by atoms with Gasteiger partial charge in [0.05, 0.1) is 17.6 Å². The average Bonchev–Trinajstić information content (AvgIpc) is 2.76. The number of morpholine rings is 1. The number of carboxylic acids is 1. The van der Waals surface area contributed by atoms with Gasteiger partial charge in [0.2, 0.25) is 0 Å². The summed E-state index contributed by atoms with van der Waals surface area (Å²) in [7, 11) is 0. The summed E-state index contributed by atoms with van der Waals surface area (Å²) in [6.45, 7) is 4.01. The summed E-state index contributed by atoms with van der Waals surface area (Å²) in [4.78, 5) is 27.5. The second-order valence-corrected chi connectivity index (χ2v) is 6.54. The van der Waals surface area contributed by atoms with Crippen molar-refractivity contribution >= 4 is 12.0 Å². The number of carboxylic acid groups (broad SMARTS) is 1. The van der Waals surface area contributed by atoms with E-state index in [4.69, 9.17) is 4.74 Å². The van der Waals surface area contributed by atoms with Gasteiger partial charge < -0.3 is 19.6 Å². The van der Waals surface area contributed by atoms with Crippen molar-refractivity contribution in [1.82, 2.24) is 9.80 Å². The molecule has 3 unspecified atom stereocenters. The molecular weight excluding hydrogens is 260 g/mol. The Labute approximate surface area is 118 Å². The number of urea groups is 1. The highest BCUT2D eigenvalue weighted by Gasteiger charge is 2.42. The summed E-state index contributed by atoms with van der Waals surface area (Å²) >= 11 is 0. The molecule has 6 heteroatoms. The van der Waals surface area contributed by atoms with E-state index in [1.165, 1.54) is 0 Å². The fourth-order valence-electron chi connectivity index (χ4n) is 3.55. The van der Waals surface area contributed by atoms with Crippen molar-refractivity contribution in [1.29, 1.82) is 0 Å². The molecule has 0 radical (unpaired) electrons. The number of hydrogen-bond donors (Lipinski definition) is 1. The van der Waals surface area contributed by atoms with Gasteiger partial charge in [0, 0.05) is 26.2 Å². The lowest BCUT2D eigenvalue weighted by Crippen LogP contribution is -2.56. The lowest BCUT2D eigenvalue weighted by molar-refractivity contribution is -0.150. The van der Waals surface area contributed by atoms with Gasteiger partial charge >= 0.3 is 12.0 Å². The van der Waals surface area contributed by atoms with E-state index in [1.807, 2.05) is 4.90 Å². The largest absolute Gasteiger partial charge is 0.481 e. The second-order valence-electron chi connectivity index (χ2n) is 6.54. The Hall–Kier alpha value is -1.30. The molecule has 2 amide bonds. The summed E-state index contributed by atoms with van der Waals surface area (Å²) in [5.41, 5.74) is -0.806. The third kappa shape index (κ3) is 2.37. The Morgan fingerprint density at radius 1 is 1.20 bits per heavy atom. The predicted molar refractivity (Wildman–Crippen MR) is 71.4 cm³/mol. The van der Waals surface area contributed by atoms with Gasteiger partial charge in [-0.1, -0.05) is 0 Å². The van der Waals surface area contributed by atoms with Crippen LogP contribution in [0.3, 0.4) is 0 Å². The maximum absolute atomic E-state index is 12.6. The number of nitrogens with zero attached hydrogens (tertiary/aromatic N) is 2. The SMILES string of the molecule is CC1(C(=O)O)CCCN(C(=O)N2CC3CCC(C2)O3)C1. The van der Waals surface area contributed by atoms with Crippen molar-refractivity contribution in [3.8, 4) is 0 Å². The Balaban J connectivity index is 1.66. The van der Waals surface area contributed by atoms with Crippen molar-refractivity contribution in [2.45, 2.75) is 44.8 Å². The van der Waals surface area contributed by atoms with Gasteiger partial charge in [0.25, 0.3) is 0 Å². The van der Waals surface area contributed by atoms with Gasteiger partial charge in [-0.2, -0.15) is 0 Å².